The number of nitrogen functional groups attached to an aromatic ring is 1. The van der Waals surface area contributed by atoms with Gasteiger partial charge < -0.3 is 10.7 Å². The molecule has 2 aromatic rings. The van der Waals surface area contributed by atoms with Crippen molar-refractivity contribution in [3.8, 4) is 0 Å². The predicted molar refractivity (Wildman–Crippen MR) is 79.4 cm³/mol. The minimum Gasteiger partial charge on any atom is -0.344 e. The molecule has 6 heteroatoms. The van der Waals surface area contributed by atoms with Crippen molar-refractivity contribution in [1.29, 1.82) is 0 Å². The molecule has 1 aromatic heterocycles. The number of hydrogen-bond donors (Lipinski definition) is 3. The van der Waals surface area contributed by atoms with E-state index in [-0.39, 0.29) is 11.9 Å². The number of pyridine rings is 1. The second-order valence-corrected chi connectivity index (χ2v) is 4.68. The monoisotopic (exact) mass is 290 g/mol. The van der Waals surface area contributed by atoms with Crippen molar-refractivity contribution in [3.05, 3.63) is 58.7 Å². The van der Waals surface area contributed by atoms with Gasteiger partial charge in [0.1, 0.15) is 11.5 Å². The lowest BCUT2D eigenvalue weighted by Crippen LogP contribution is -2.28. The van der Waals surface area contributed by atoms with Crippen LogP contribution in [0.25, 0.3) is 0 Å². The Balaban J connectivity index is 2.13. The van der Waals surface area contributed by atoms with Crippen LogP contribution in [0.4, 0.5) is 5.82 Å². The number of hydrogen-bond acceptors (Lipinski definition) is 4. The minimum atomic E-state index is -0.283. The summed E-state index contributed by atoms with van der Waals surface area (Å²) in [5.74, 6) is 5.42. The minimum absolute atomic E-state index is 0.215. The molecule has 2 rings (SSSR count). The number of aromatic nitrogens is 1. The van der Waals surface area contributed by atoms with Gasteiger partial charge in [0.15, 0.2) is 0 Å². The first kappa shape index (κ1) is 14.3. The fourth-order valence-corrected chi connectivity index (χ4v) is 2.12. The number of carbonyl (C=O) groups is 1. The number of nitrogens with zero attached hydrogens (tertiary/aromatic N) is 1. The molecule has 0 aliphatic carbocycles. The molecule has 1 heterocycles. The van der Waals surface area contributed by atoms with Crippen molar-refractivity contribution in [2.45, 2.75) is 13.0 Å². The summed E-state index contributed by atoms with van der Waals surface area (Å²) < 4.78 is 0. The van der Waals surface area contributed by atoms with Crippen LogP contribution in [0.1, 0.15) is 29.0 Å². The fraction of sp³-hybridized carbons (Fsp3) is 0.143. The maximum absolute atomic E-state index is 12.1. The zero-order valence-corrected chi connectivity index (χ0v) is 11.7. The molecular formula is C14H15ClN4O. The maximum Gasteiger partial charge on any atom is 0.270 e. The van der Waals surface area contributed by atoms with Gasteiger partial charge in [-0.1, -0.05) is 35.9 Å². The van der Waals surface area contributed by atoms with Gasteiger partial charge in [-0.15, -0.1) is 0 Å². The van der Waals surface area contributed by atoms with E-state index in [1.807, 2.05) is 25.1 Å². The lowest BCUT2D eigenvalue weighted by molar-refractivity contribution is 0.0935. The molecule has 1 unspecified atom stereocenters. The molecule has 4 N–H and O–H groups in total. The third-order valence-corrected chi connectivity index (χ3v) is 3.19. The topological polar surface area (TPSA) is 80.0 Å². The molecule has 0 fully saturated rings. The van der Waals surface area contributed by atoms with Gasteiger partial charge in [-0.05, 0) is 30.7 Å². The Morgan fingerprint density at radius 3 is 2.70 bits per heavy atom. The van der Waals surface area contributed by atoms with Gasteiger partial charge in [0.25, 0.3) is 5.91 Å². The summed E-state index contributed by atoms with van der Waals surface area (Å²) in [4.78, 5) is 16.2. The van der Waals surface area contributed by atoms with Crippen LogP contribution in [-0.4, -0.2) is 10.9 Å². The summed E-state index contributed by atoms with van der Waals surface area (Å²) in [5, 5.41) is 3.47. The van der Waals surface area contributed by atoms with Crippen LogP contribution in [0.3, 0.4) is 0 Å². The third kappa shape index (κ3) is 3.26. The molecule has 20 heavy (non-hydrogen) atoms. The number of hydrazine groups is 1. The molecule has 0 saturated carbocycles. The standard InChI is InChI=1S/C14H15ClN4O/c1-9(10-5-2-3-6-11(10)15)17-14(20)12-7-4-8-13(18-12)19-16/h2-9H,16H2,1H3,(H,17,20)(H,18,19). The summed E-state index contributed by atoms with van der Waals surface area (Å²) in [7, 11) is 0. The van der Waals surface area contributed by atoms with Gasteiger partial charge in [0, 0.05) is 5.02 Å². The zero-order chi connectivity index (χ0) is 14.5. The normalized spacial score (nSPS) is 11.8. The van der Waals surface area contributed by atoms with E-state index < -0.39 is 0 Å². The van der Waals surface area contributed by atoms with Crippen molar-refractivity contribution in [2.24, 2.45) is 5.84 Å². The number of halogens is 1. The molecular weight excluding hydrogens is 276 g/mol. The summed E-state index contributed by atoms with van der Waals surface area (Å²) in [6.45, 7) is 1.87. The number of benzene rings is 1. The van der Waals surface area contributed by atoms with E-state index >= 15 is 0 Å². The highest BCUT2D eigenvalue weighted by Crippen LogP contribution is 2.22. The van der Waals surface area contributed by atoms with Crippen LogP contribution in [0.2, 0.25) is 5.02 Å². The predicted octanol–water partition coefficient (Wildman–Crippen LogP) is 2.51. The van der Waals surface area contributed by atoms with Crippen molar-refractivity contribution >= 4 is 23.3 Å². The quantitative estimate of drug-likeness (QED) is 0.597. The molecule has 1 aromatic carbocycles. The molecule has 0 aliphatic heterocycles. The first-order chi connectivity index (χ1) is 9.61. The lowest BCUT2D eigenvalue weighted by Gasteiger charge is -2.15. The SMILES string of the molecule is CC(NC(=O)c1cccc(NN)n1)c1ccccc1Cl. The average molecular weight is 291 g/mol. The van der Waals surface area contributed by atoms with Gasteiger partial charge >= 0.3 is 0 Å². The summed E-state index contributed by atoms with van der Waals surface area (Å²) >= 11 is 6.10. The molecule has 0 bridgehead atoms. The smallest absolute Gasteiger partial charge is 0.270 e. The van der Waals surface area contributed by atoms with Crippen molar-refractivity contribution in [3.63, 3.8) is 0 Å². The Morgan fingerprint density at radius 2 is 2.00 bits per heavy atom. The molecule has 104 valence electrons. The number of nitrogens with two attached hydrogens (primary N) is 1. The van der Waals surface area contributed by atoms with Crippen LogP contribution in [-0.2, 0) is 0 Å². The molecule has 1 amide bonds. The number of carbonyl (C=O) groups excluding carboxylic acids is 1. The van der Waals surface area contributed by atoms with Crippen molar-refractivity contribution in [2.75, 3.05) is 5.43 Å². The molecule has 1 atom stereocenters. The molecule has 0 radical (unpaired) electrons. The molecule has 0 saturated heterocycles. The van der Waals surface area contributed by atoms with Gasteiger partial charge in [0.05, 0.1) is 6.04 Å². The van der Waals surface area contributed by atoms with E-state index in [1.54, 1.807) is 24.3 Å². The second kappa shape index (κ2) is 6.36. The third-order valence-electron chi connectivity index (χ3n) is 2.85. The van der Waals surface area contributed by atoms with Crippen molar-refractivity contribution in [1.82, 2.24) is 10.3 Å². The lowest BCUT2D eigenvalue weighted by atomic mass is 10.1. The molecule has 0 spiro atoms. The Morgan fingerprint density at radius 1 is 1.25 bits per heavy atom. The largest absolute Gasteiger partial charge is 0.344 e. The van der Waals surface area contributed by atoms with E-state index in [0.717, 1.165) is 5.56 Å². The Hall–Kier alpha value is -2.11. The van der Waals surface area contributed by atoms with Crippen LogP contribution >= 0.6 is 11.6 Å². The van der Waals surface area contributed by atoms with Gasteiger partial charge in [-0.25, -0.2) is 10.8 Å². The Labute approximate surface area is 122 Å². The zero-order valence-electron chi connectivity index (χ0n) is 10.9. The molecule has 0 aliphatic rings. The van der Waals surface area contributed by atoms with Crippen LogP contribution in [0.15, 0.2) is 42.5 Å². The first-order valence-corrected chi connectivity index (χ1v) is 6.48. The summed E-state index contributed by atoms with van der Waals surface area (Å²) in [5.41, 5.74) is 3.55. The first-order valence-electron chi connectivity index (χ1n) is 6.11. The Bertz CT molecular complexity index is 618. The highest BCUT2D eigenvalue weighted by Gasteiger charge is 2.14. The highest BCUT2D eigenvalue weighted by molar-refractivity contribution is 6.31. The van der Waals surface area contributed by atoms with E-state index in [9.17, 15) is 4.79 Å². The van der Waals surface area contributed by atoms with Gasteiger partial charge in [0.2, 0.25) is 0 Å². The van der Waals surface area contributed by atoms with Crippen LogP contribution in [0, 0.1) is 0 Å². The number of rotatable bonds is 4. The van der Waals surface area contributed by atoms with Crippen LogP contribution in [0.5, 0.6) is 0 Å². The number of amides is 1. The van der Waals surface area contributed by atoms with E-state index in [1.165, 1.54) is 0 Å². The van der Waals surface area contributed by atoms with E-state index in [2.05, 4.69) is 15.7 Å². The van der Waals surface area contributed by atoms with Gasteiger partial charge in [-0.3, -0.25) is 4.79 Å². The molecule has 5 nitrogen and oxygen atoms in total. The van der Waals surface area contributed by atoms with E-state index in [4.69, 9.17) is 17.4 Å². The number of anilines is 1. The number of nitrogens with one attached hydrogen (secondary N) is 2. The second-order valence-electron chi connectivity index (χ2n) is 4.27. The summed E-state index contributed by atoms with van der Waals surface area (Å²) in [6, 6.07) is 12.2. The average Bonchev–Trinajstić information content (AvgIpc) is 2.47. The highest BCUT2D eigenvalue weighted by atomic mass is 35.5. The summed E-state index contributed by atoms with van der Waals surface area (Å²) in [6.07, 6.45) is 0. The fourth-order valence-electron chi connectivity index (χ4n) is 1.82. The van der Waals surface area contributed by atoms with Crippen LogP contribution < -0.4 is 16.6 Å². The maximum atomic E-state index is 12.1. The Kier molecular flexibility index (Phi) is 4.55. The van der Waals surface area contributed by atoms with Gasteiger partial charge in [-0.2, -0.15) is 0 Å². The van der Waals surface area contributed by atoms with Crippen molar-refractivity contribution < 1.29 is 4.79 Å². The van der Waals surface area contributed by atoms with E-state index in [0.29, 0.717) is 16.5 Å².